The number of carbonyl (C=O) groups excluding carboxylic acids is 1. The van der Waals surface area contributed by atoms with Crippen LogP contribution in [-0.2, 0) is 16.8 Å². The average Bonchev–Trinajstić information content (AvgIpc) is 2.50. The van der Waals surface area contributed by atoms with Gasteiger partial charge >= 0.3 is 0 Å². The van der Waals surface area contributed by atoms with Gasteiger partial charge in [-0.1, -0.05) is 0 Å². The van der Waals surface area contributed by atoms with Crippen molar-refractivity contribution in [2.75, 3.05) is 0 Å². The Bertz CT molecular complexity index is 485. The zero-order valence-electron chi connectivity index (χ0n) is 9.87. The highest BCUT2D eigenvalue weighted by atomic mass is 16.1. The Hall–Kier alpha value is -1.63. The molecule has 1 saturated carbocycles. The molecule has 0 atom stereocenters. The second-order valence-corrected chi connectivity index (χ2v) is 4.45. The maximum atomic E-state index is 11.2. The molecule has 1 aromatic heterocycles. The van der Waals surface area contributed by atoms with Crippen LogP contribution in [0, 0.1) is 25.2 Å². The van der Waals surface area contributed by atoms with Gasteiger partial charge in [-0.05, 0) is 20.8 Å². The van der Waals surface area contributed by atoms with Crippen LogP contribution in [0.2, 0.25) is 0 Å². The fourth-order valence-electron chi connectivity index (χ4n) is 2.63. The molecule has 0 amide bonds. The molecule has 4 nitrogen and oxygen atoms in total. The highest BCUT2D eigenvalue weighted by molar-refractivity contribution is 5.90. The van der Waals surface area contributed by atoms with E-state index in [1.807, 2.05) is 25.5 Å². The molecule has 0 aliphatic heterocycles. The molecule has 0 spiro atoms. The average molecular weight is 217 g/mol. The van der Waals surface area contributed by atoms with Gasteiger partial charge in [0.2, 0.25) is 0 Å². The van der Waals surface area contributed by atoms with E-state index in [0.717, 1.165) is 23.5 Å². The Kier molecular flexibility index (Phi) is 2.34. The van der Waals surface area contributed by atoms with Gasteiger partial charge in [0.25, 0.3) is 0 Å². The smallest absolute Gasteiger partial charge is 0.136 e. The molecular weight excluding hydrogens is 202 g/mol. The lowest BCUT2D eigenvalue weighted by atomic mass is 9.64. The third-order valence-electron chi connectivity index (χ3n) is 3.37. The molecule has 1 heterocycles. The lowest BCUT2D eigenvalue weighted by Crippen LogP contribution is -2.41. The normalized spacial score (nSPS) is 18.0. The SMILES string of the molecule is CCn1nc(C)c(C2(C#N)CC(=O)C2)c1C. The minimum atomic E-state index is -0.599. The topological polar surface area (TPSA) is 58.7 Å². The molecule has 0 N–H and O–H groups in total. The fourth-order valence-corrected chi connectivity index (χ4v) is 2.63. The third-order valence-corrected chi connectivity index (χ3v) is 3.37. The molecule has 0 bridgehead atoms. The summed E-state index contributed by atoms with van der Waals surface area (Å²) in [4.78, 5) is 11.2. The van der Waals surface area contributed by atoms with Crippen LogP contribution in [0.15, 0.2) is 0 Å². The van der Waals surface area contributed by atoms with E-state index in [1.54, 1.807) is 0 Å². The highest BCUT2D eigenvalue weighted by Gasteiger charge is 2.48. The van der Waals surface area contributed by atoms with Crippen molar-refractivity contribution in [3.05, 3.63) is 17.0 Å². The first-order chi connectivity index (χ1) is 7.54. The van der Waals surface area contributed by atoms with E-state index in [1.165, 1.54) is 0 Å². The van der Waals surface area contributed by atoms with E-state index in [-0.39, 0.29) is 5.78 Å². The van der Waals surface area contributed by atoms with E-state index < -0.39 is 5.41 Å². The van der Waals surface area contributed by atoms with Gasteiger partial charge in [0.1, 0.15) is 5.78 Å². The summed E-state index contributed by atoms with van der Waals surface area (Å²) >= 11 is 0. The van der Waals surface area contributed by atoms with Crippen LogP contribution in [0.3, 0.4) is 0 Å². The predicted octanol–water partition coefficient (Wildman–Crippen LogP) is 1.64. The molecule has 1 aliphatic rings. The molecule has 2 rings (SSSR count). The standard InChI is InChI=1S/C12H15N3O/c1-4-15-9(3)11(8(2)14-15)12(7-13)5-10(16)6-12/h4-6H2,1-3H3. The summed E-state index contributed by atoms with van der Waals surface area (Å²) < 4.78 is 1.90. The van der Waals surface area contributed by atoms with Crippen LogP contribution in [0.1, 0.15) is 36.7 Å². The number of nitrogens with zero attached hydrogens (tertiary/aromatic N) is 3. The van der Waals surface area contributed by atoms with Gasteiger partial charge in [0.15, 0.2) is 0 Å². The monoisotopic (exact) mass is 217 g/mol. The summed E-state index contributed by atoms with van der Waals surface area (Å²) in [7, 11) is 0. The number of hydrogen-bond acceptors (Lipinski definition) is 3. The van der Waals surface area contributed by atoms with Crippen LogP contribution in [0.4, 0.5) is 0 Å². The second kappa shape index (κ2) is 3.44. The van der Waals surface area contributed by atoms with Crippen molar-refractivity contribution in [1.29, 1.82) is 5.26 Å². The molecule has 84 valence electrons. The van der Waals surface area contributed by atoms with Gasteiger partial charge < -0.3 is 0 Å². The van der Waals surface area contributed by atoms with Crippen molar-refractivity contribution < 1.29 is 4.79 Å². The van der Waals surface area contributed by atoms with E-state index in [0.29, 0.717) is 12.8 Å². The molecule has 0 radical (unpaired) electrons. The summed E-state index contributed by atoms with van der Waals surface area (Å²) in [5.41, 5.74) is 2.28. The number of nitriles is 1. The number of rotatable bonds is 2. The number of ketones is 1. The molecule has 1 fully saturated rings. The van der Waals surface area contributed by atoms with Crippen LogP contribution < -0.4 is 0 Å². The lowest BCUT2D eigenvalue weighted by molar-refractivity contribution is -0.126. The van der Waals surface area contributed by atoms with Gasteiger partial charge in [-0.3, -0.25) is 9.48 Å². The number of carbonyl (C=O) groups is 1. The largest absolute Gasteiger partial charge is 0.300 e. The summed E-state index contributed by atoms with van der Waals surface area (Å²) in [6, 6.07) is 2.31. The molecule has 0 aromatic carbocycles. The Morgan fingerprint density at radius 2 is 2.12 bits per heavy atom. The summed E-state index contributed by atoms with van der Waals surface area (Å²) in [5, 5.41) is 13.7. The number of hydrogen-bond donors (Lipinski definition) is 0. The molecule has 1 aliphatic carbocycles. The van der Waals surface area contributed by atoms with Gasteiger partial charge in [0.05, 0.1) is 17.2 Å². The molecule has 0 unspecified atom stereocenters. The van der Waals surface area contributed by atoms with Crippen molar-refractivity contribution in [1.82, 2.24) is 9.78 Å². The zero-order chi connectivity index (χ0) is 11.9. The summed E-state index contributed by atoms with van der Waals surface area (Å²) in [6.07, 6.45) is 0.696. The van der Waals surface area contributed by atoms with Crippen LogP contribution in [-0.4, -0.2) is 15.6 Å². The number of aryl methyl sites for hydroxylation is 2. The maximum absolute atomic E-state index is 11.2. The first-order valence-corrected chi connectivity index (χ1v) is 5.51. The Labute approximate surface area is 94.9 Å². The van der Waals surface area contributed by atoms with Crippen molar-refractivity contribution in [3.8, 4) is 6.07 Å². The third kappa shape index (κ3) is 1.28. The van der Waals surface area contributed by atoms with E-state index in [4.69, 9.17) is 0 Å². The molecule has 0 saturated heterocycles. The van der Waals surface area contributed by atoms with E-state index in [2.05, 4.69) is 11.2 Å². The van der Waals surface area contributed by atoms with Gasteiger partial charge in [-0.2, -0.15) is 10.4 Å². The summed E-state index contributed by atoms with van der Waals surface area (Å²) in [5.74, 6) is 0.171. The minimum absolute atomic E-state index is 0.171. The minimum Gasteiger partial charge on any atom is -0.300 e. The molecule has 4 heteroatoms. The Morgan fingerprint density at radius 1 is 1.50 bits per heavy atom. The van der Waals surface area contributed by atoms with Gasteiger partial charge in [-0.25, -0.2) is 0 Å². The molecular formula is C12H15N3O. The van der Waals surface area contributed by atoms with E-state index in [9.17, 15) is 10.1 Å². The van der Waals surface area contributed by atoms with E-state index >= 15 is 0 Å². The number of Topliss-reactive ketones (excluding diaryl/α,β-unsaturated/α-hetero) is 1. The maximum Gasteiger partial charge on any atom is 0.136 e. The summed E-state index contributed by atoms with van der Waals surface area (Å²) in [6.45, 7) is 6.70. The fraction of sp³-hybridized carbons (Fsp3) is 0.583. The quantitative estimate of drug-likeness (QED) is 0.756. The first kappa shape index (κ1) is 10.9. The second-order valence-electron chi connectivity index (χ2n) is 4.45. The lowest BCUT2D eigenvalue weighted by Gasteiger charge is -2.34. The van der Waals surface area contributed by atoms with Gasteiger partial charge in [0, 0.05) is 30.6 Å². The van der Waals surface area contributed by atoms with Gasteiger partial charge in [-0.15, -0.1) is 0 Å². The number of aromatic nitrogens is 2. The first-order valence-electron chi connectivity index (χ1n) is 5.51. The molecule has 1 aromatic rings. The van der Waals surface area contributed by atoms with Crippen molar-refractivity contribution >= 4 is 5.78 Å². The van der Waals surface area contributed by atoms with Crippen molar-refractivity contribution in [3.63, 3.8) is 0 Å². The predicted molar refractivity (Wildman–Crippen MR) is 58.9 cm³/mol. The molecule has 16 heavy (non-hydrogen) atoms. The zero-order valence-corrected chi connectivity index (χ0v) is 9.87. The highest BCUT2D eigenvalue weighted by Crippen LogP contribution is 2.43. The van der Waals surface area contributed by atoms with Crippen LogP contribution >= 0.6 is 0 Å². The Balaban J connectivity index is 2.52. The van der Waals surface area contributed by atoms with Crippen molar-refractivity contribution in [2.45, 2.75) is 45.6 Å². The van der Waals surface area contributed by atoms with Crippen LogP contribution in [0.5, 0.6) is 0 Å². The van der Waals surface area contributed by atoms with Crippen LogP contribution in [0.25, 0.3) is 0 Å². The van der Waals surface area contributed by atoms with Crippen molar-refractivity contribution in [2.24, 2.45) is 0 Å². The Morgan fingerprint density at radius 3 is 2.50 bits per heavy atom.